The molecule has 3 N–H and O–H groups in total. The highest BCUT2D eigenvalue weighted by molar-refractivity contribution is 7.11. The molecule has 2 aromatic rings. The summed E-state index contributed by atoms with van der Waals surface area (Å²) in [5.41, 5.74) is 5.83. The molecular weight excluding hydrogens is 253 g/mol. The summed E-state index contributed by atoms with van der Waals surface area (Å²) in [7, 11) is 0. The molecule has 0 aliphatic heterocycles. The van der Waals surface area contributed by atoms with Crippen molar-refractivity contribution in [3.8, 4) is 0 Å². The second-order valence-corrected chi connectivity index (χ2v) is 5.09. The number of nitrogen functional groups attached to an aromatic ring is 1. The predicted molar refractivity (Wildman–Crippen MR) is 68.8 cm³/mol. The lowest BCUT2D eigenvalue weighted by Crippen LogP contribution is -2.23. The maximum atomic E-state index is 13.4. The van der Waals surface area contributed by atoms with Crippen molar-refractivity contribution < 1.29 is 9.18 Å². The van der Waals surface area contributed by atoms with Crippen LogP contribution in [0.25, 0.3) is 0 Å². The number of nitrogens with two attached hydrogens (primary N) is 1. The molecule has 0 atom stereocenters. The van der Waals surface area contributed by atoms with Crippen LogP contribution in [0, 0.1) is 12.7 Å². The van der Waals surface area contributed by atoms with Gasteiger partial charge in [-0.05, 0) is 25.1 Å². The number of aromatic nitrogens is 1. The minimum atomic E-state index is -0.581. The van der Waals surface area contributed by atoms with Crippen LogP contribution in [0.3, 0.4) is 0 Å². The Morgan fingerprint density at radius 1 is 1.56 bits per heavy atom. The molecule has 0 radical (unpaired) electrons. The third-order valence-corrected chi connectivity index (χ3v) is 3.24. The third kappa shape index (κ3) is 2.84. The summed E-state index contributed by atoms with van der Waals surface area (Å²) in [6, 6.07) is 3.92. The zero-order chi connectivity index (χ0) is 13.1. The normalized spacial score (nSPS) is 10.3. The maximum Gasteiger partial charge on any atom is 0.254 e. The predicted octanol–water partition coefficient (Wildman–Crippen LogP) is 2.10. The number of hydrogen-bond acceptors (Lipinski definition) is 4. The monoisotopic (exact) mass is 265 g/mol. The molecule has 0 fully saturated rings. The molecule has 18 heavy (non-hydrogen) atoms. The van der Waals surface area contributed by atoms with Crippen LogP contribution in [-0.4, -0.2) is 10.9 Å². The minimum absolute atomic E-state index is 0.0452. The fourth-order valence-corrected chi connectivity index (χ4v) is 2.20. The highest BCUT2D eigenvalue weighted by Gasteiger charge is 2.12. The van der Waals surface area contributed by atoms with E-state index in [9.17, 15) is 9.18 Å². The molecule has 94 valence electrons. The van der Waals surface area contributed by atoms with E-state index in [0.717, 1.165) is 9.88 Å². The summed E-state index contributed by atoms with van der Waals surface area (Å²) >= 11 is 1.49. The Hall–Kier alpha value is -1.95. The van der Waals surface area contributed by atoms with Gasteiger partial charge in [0.2, 0.25) is 0 Å². The number of aryl methyl sites for hydroxylation is 1. The van der Waals surface area contributed by atoms with E-state index in [1.54, 1.807) is 6.20 Å². The SMILES string of the molecule is Cc1ncc(CNC(=O)c2cc(N)ccc2F)s1. The average molecular weight is 265 g/mol. The molecule has 6 heteroatoms. The molecule has 1 amide bonds. The standard InChI is InChI=1S/C12H12FN3OS/c1-7-15-5-9(18-7)6-16-12(17)10-4-8(14)2-3-11(10)13/h2-5H,6,14H2,1H3,(H,16,17). The highest BCUT2D eigenvalue weighted by Crippen LogP contribution is 2.14. The minimum Gasteiger partial charge on any atom is -0.399 e. The van der Waals surface area contributed by atoms with Crippen molar-refractivity contribution in [1.29, 1.82) is 0 Å². The zero-order valence-electron chi connectivity index (χ0n) is 9.74. The molecular formula is C12H12FN3OS. The van der Waals surface area contributed by atoms with E-state index in [-0.39, 0.29) is 5.56 Å². The van der Waals surface area contributed by atoms with Gasteiger partial charge >= 0.3 is 0 Å². The van der Waals surface area contributed by atoms with Crippen LogP contribution in [0.15, 0.2) is 24.4 Å². The number of amides is 1. The largest absolute Gasteiger partial charge is 0.399 e. The first-order valence-electron chi connectivity index (χ1n) is 5.31. The van der Waals surface area contributed by atoms with Crippen molar-refractivity contribution in [3.05, 3.63) is 45.7 Å². The number of hydrogen-bond donors (Lipinski definition) is 2. The zero-order valence-corrected chi connectivity index (χ0v) is 10.6. The van der Waals surface area contributed by atoms with Crippen molar-refractivity contribution in [2.45, 2.75) is 13.5 Å². The first-order valence-corrected chi connectivity index (χ1v) is 6.12. The van der Waals surface area contributed by atoms with Gasteiger partial charge in [-0.25, -0.2) is 9.37 Å². The molecule has 1 aromatic heterocycles. The van der Waals surface area contributed by atoms with Crippen LogP contribution in [0.4, 0.5) is 10.1 Å². The summed E-state index contributed by atoms with van der Waals surface area (Å²) in [5.74, 6) is -1.06. The van der Waals surface area contributed by atoms with Gasteiger partial charge in [-0.2, -0.15) is 0 Å². The highest BCUT2D eigenvalue weighted by atomic mass is 32.1. The van der Waals surface area contributed by atoms with Crippen LogP contribution < -0.4 is 11.1 Å². The number of benzene rings is 1. The quantitative estimate of drug-likeness (QED) is 0.835. The van der Waals surface area contributed by atoms with Crippen LogP contribution in [0.1, 0.15) is 20.2 Å². The van der Waals surface area contributed by atoms with Gasteiger partial charge < -0.3 is 11.1 Å². The average Bonchev–Trinajstić information content (AvgIpc) is 2.75. The van der Waals surface area contributed by atoms with E-state index in [0.29, 0.717) is 12.2 Å². The summed E-state index contributed by atoms with van der Waals surface area (Å²) in [6.45, 7) is 2.21. The van der Waals surface area contributed by atoms with E-state index in [2.05, 4.69) is 10.3 Å². The summed E-state index contributed by atoms with van der Waals surface area (Å²) < 4.78 is 13.4. The van der Waals surface area contributed by atoms with Gasteiger partial charge in [0.1, 0.15) is 5.82 Å². The molecule has 0 aliphatic rings. The van der Waals surface area contributed by atoms with Crippen LogP contribution in [0.2, 0.25) is 0 Å². The van der Waals surface area contributed by atoms with E-state index >= 15 is 0 Å². The molecule has 0 aliphatic carbocycles. The van der Waals surface area contributed by atoms with Gasteiger partial charge in [0.05, 0.1) is 17.1 Å². The van der Waals surface area contributed by atoms with Crippen molar-refractivity contribution in [2.24, 2.45) is 0 Å². The lowest BCUT2D eigenvalue weighted by Gasteiger charge is -2.05. The number of rotatable bonds is 3. The van der Waals surface area contributed by atoms with Crippen molar-refractivity contribution in [3.63, 3.8) is 0 Å². The van der Waals surface area contributed by atoms with Crippen LogP contribution in [0.5, 0.6) is 0 Å². The van der Waals surface area contributed by atoms with Crippen molar-refractivity contribution >= 4 is 22.9 Å². The Balaban J connectivity index is 2.05. The Kier molecular flexibility index (Phi) is 3.57. The Bertz CT molecular complexity index is 582. The molecule has 4 nitrogen and oxygen atoms in total. The van der Waals surface area contributed by atoms with E-state index in [1.807, 2.05) is 6.92 Å². The van der Waals surface area contributed by atoms with Crippen LogP contribution in [-0.2, 0) is 6.54 Å². The Morgan fingerprint density at radius 2 is 2.33 bits per heavy atom. The first kappa shape index (κ1) is 12.5. The first-order chi connectivity index (χ1) is 8.56. The Labute approximate surface area is 108 Å². The molecule has 0 saturated heterocycles. The summed E-state index contributed by atoms with van der Waals surface area (Å²) in [4.78, 5) is 16.8. The van der Waals surface area contributed by atoms with Gasteiger partial charge in [0.15, 0.2) is 0 Å². The smallest absolute Gasteiger partial charge is 0.254 e. The second kappa shape index (κ2) is 5.14. The number of anilines is 1. The lowest BCUT2D eigenvalue weighted by atomic mass is 10.2. The van der Waals surface area contributed by atoms with Gasteiger partial charge in [-0.1, -0.05) is 0 Å². The topological polar surface area (TPSA) is 68.0 Å². The molecule has 0 bridgehead atoms. The van der Waals surface area contributed by atoms with Gasteiger partial charge in [0, 0.05) is 16.8 Å². The maximum absolute atomic E-state index is 13.4. The molecule has 0 saturated carbocycles. The van der Waals surface area contributed by atoms with E-state index in [4.69, 9.17) is 5.73 Å². The van der Waals surface area contributed by atoms with Gasteiger partial charge in [-0.3, -0.25) is 4.79 Å². The van der Waals surface area contributed by atoms with E-state index in [1.165, 1.54) is 29.5 Å². The number of carbonyl (C=O) groups excluding carboxylic acids is 1. The van der Waals surface area contributed by atoms with Crippen molar-refractivity contribution in [2.75, 3.05) is 5.73 Å². The summed E-state index contributed by atoms with van der Waals surface area (Å²) in [5, 5.41) is 3.56. The van der Waals surface area contributed by atoms with E-state index < -0.39 is 11.7 Å². The molecule has 2 rings (SSSR count). The number of halogens is 1. The number of nitrogens with one attached hydrogen (secondary N) is 1. The molecule has 0 spiro atoms. The summed E-state index contributed by atoms with van der Waals surface area (Å²) in [6.07, 6.45) is 1.69. The number of nitrogens with zero attached hydrogens (tertiary/aromatic N) is 1. The van der Waals surface area contributed by atoms with Gasteiger partial charge in [0.25, 0.3) is 5.91 Å². The fourth-order valence-electron chi connectivity index (χ4n) is 1.47. The number of thiazole rings is 1. The van der Waals surface area contributed by atoms with Gasteiger partial charge in [-0.15, -0.1) is 11.3 Å². The fraction of sp³-hybridized carbons (Fsp3) is 0.167. The molecule has 1 aromatic carbocycles. The number of carbonyl (C=O) groups is 1. The van der Waals surface area contributed by atoms with Crippen LogP contribution >= 0.6 is 11.3 Å². The molecule has 0 unspecified atom stereocenters. The van der Waals surface area contributed by atoms with Crippen molar-refractivity contribution in [1.82, 2.24) is 10.3 Å². The third-order valence-electron chi connectivity index (χ3n) is 2.33. The lowest BCUT2D eigenvalue weighted by molar-refractivity contribution is 0.0947. The molecule has 1 heterocycles. The second-order valence-electron chi connectivity index (χ2n) is 3.77. The Morgan fingerprint density at radius 3 is 3.00 bits per heavy atom.